The molecule has 4 nitrogen and oxygen atoms in total. The molecule has 1 aromatic carbocycles. The Morgan fingerprint density at radius 1 is 1.38 bits per heavy atom. The molecule has 110 valence electrons. The first-order valence-electron chi connectivity index (χ1n) is 7.17. The summed E-state index contributed by atoms with van der Waals surface area (Å²) in [6.45, 7) is 6.00. The van der Waals surface area contributed by atoms with Crippen molar-refractivity contribution in [1.29, 1.82) is 0 Å². The van der Waals surface area contributed by atoms with Gasteiger partial charge in [-0.1, -0.05) is 41.9 Å². The minimum atomic E-state index is 0.179. The maximum Gasteiger partial charge on any atom is 0.191 e. The van der Waals surface area contributed by atoms with Gasteiger partial charge in [-0.3, -0.25) is 9.98 Å². The zero-order valence-electron chi connectivity index (χ0n) is 12.3. The van der Waals surface area contributed by atoms with Gasteiger partial charge in [-0.25, -0.2) is 0 Å². The topological polar surface area (TPSA) is 54.5 Å². The van der Waals surface area contributed by atoms with E-state index in [4.69, 9.17) is 5.73 Å². The van der Waals surface area contributed by atoms with Crippen LogP contribution in [0.1, 0.15) is 25.5 Å². The minimum Gasteiger partial charge on any atom is -0.370 e. The molecular weight excluding hydrogens is 328 g/mol. The van der Waals surface area contributed by atoms with Gasteiger partial charge in [-0.05, 0) is 18.1 Å². The fourth-order valence-electron chi connectivity index (χ4n) is 2.84. The summed E-state index contributed by atoms with van der Waals surface area (Å²) in [4.78, 5) is 11.2. The molecule has 21 heavy (non-hydrogen) atoms. The molecule has 0 saturated carbocycles. The van der Waals surface area contributed by atoms with Gasteiger partial charge in [0.1, 0.15) is 0 Å². The molecule has 0 saturated heterocycles. The number of aliphatic imine (C=N–C) groups is 1. The summed E-state index contributed by atoms with van der Waals surface area (Å²) in [7, 11) is 0. The molecule has 0 spiro atoms. The molecule has 5 heteroatoms. The third-order valence-corrected chi connectivity index (χ3v) is 4.46. The number of guanidine groups is 1. The maximum absolute atomic E-state index is 6.08. The van der Waals surface area contributed by atoms with Crippen LogP contribution in [0.25, 0.3) is 10.9 Å². The Balaban J connectivity index is 2.06. The smallest absolute Gasteiger partial charge is 0.191 e. The number of aromatic nitrogens is 1. The van der Waals surface area contributed by atoms with Crippen molar-refractivity contribution in [3.05, 3.63) is 40.5 Å². The van der Waals surface area contributed by atoms with E-state index >= 15 is 0 Å². The SMILES string of the molecule is CC(C)CN1C(N)=NCC1c1ccc(Br)c2cccnc12. The van der Waals surface area contributed by atoms with Crippen molar-refractivity contribution >= 4 is 32.8 Å². The Morgan fingerprint density at radius 3 is 2.95 bits per heavy atom. The third-order valence-electron chi connectivity index (χ3n) is 3.77. The lowest BCUT2D eigenvalue weighted by molar-refractivity contribution is 0.310. The quantitative estimate of drug-likeness (QED) is 0.927. The second kappa shape index (κ2) is 5.64. The van der Waals surface area contributed by atoms with Crippen LogP contribution in [0.3, 0.4) is 0 Å². The van der Waals surface area contributed by atoms with E-state index in [1.807, 2.05) is 12.3 Å². The van der Waals surface area contributed by atoms with Gasteiger partial charge >= 0.3 is 0 Å². The van der Waals surface area contributed by atoms with Crippen LogP contribution in [0, 0.1) is 5.92 Å². The number of pyridine rings is 1. The van der Waals surface area contributed by atoms with Crippen LogP contribution < -0.4 is 5.73 Å². The largest absolute Gasteiger partial charge is 0.370 e. The first-order chi connectivity index (χ1) is 10.1. The number of halogens is 1. The lowest BCUT2D eigenvalue weighted by Gasteiger charge is -2.28. The van der Waals surface area contributed by atoms with Crippen molar-refractivity contribution in [2.75, 3.05) is 13.1 Å². The molecule has 1 aromatic heterocycles. The summed E-state index contributed by atoms with van der Waals surface area (Å²) in [5, 5.41) is 1.13. The van der Waals surface area contributed by atoms with E-state index < -0.39 is 0 Å². The third kappa shape index (κ3) is 2.62. The van der Waals surface area contributed by atoms with Gasteiger partial charge in [0, 0.05) is 28.2 Å². The monoisotopic (exact) mass is 346 g/mol. The molecule has 2 aromatic rings. The summed E-state index contributed by atoms with van der Waals surface area (Å²) in [6, 6.07) is 8.44. The van der Waals surface area contributed by atoms with Crippen LogP contribution in [-0.2, 0) is 0 Å². The molecule has 0 bridgehead atoms. The van der Waals surface area contributed by atoms with E-state index in [9.17, 15) is 0 Å². The molecule has 0 fully saturated rings. The van der Waals surface area contributed by atoms with Crippen LogP contribution >= 0.6 is 15.9 Å². The molecule has 0 aliphatic carbocycles. The molecule has 1 aliphatic heterocycles. The highest BCUT2D eigenvalue weighted by Crippen LogP contribution is 2.33. The van der Waals surface area contributed by atoms with E-state index in [0.29, 0.717) is 18.4 Å². The number of hydrogen-bond acceptors (Lipinski definition) is 4. The average molecular weight is 347 g/mol. The van der Waals surface area contributed by atoms with Crippen LogP contribution in [0.15, 0.2) is 39.9 Å². The zero-order valence-corrected chi connectivity index (χ0v) is 13.8. The number of nitrogens with two attached hydrogens (primary N) is 1. The van der Waals surface area contributed by atoms with Crippen LogP contribution in [0.2, 0.25) is 0 Å². The van der Waals surface area contributed by atoms with Crippen molar-refractivity contribution in [2.45, 2.75) is 19.9 Å². The molecule has 2 N–H and O–H groups in total. The number of hydrogen-bond donors (Lipinski definition) is 1. The van der Waals surface area contributed by atoms with E-state index in [1.165, 1.54) is 5.56 Å². The highest BCUT2D eigenvalue weighted by atomic mass is 79.9. The van der Waals surface area contributed by atoms with Gasteiger partial charge in [0.25, 0.3) is 0 Å². The number of benzene rings is 1. The highest BCUT2D eigenvalue weighted by molar-refractivity contribution is 9.10. The summed E-state index contributed by atoms with van der Waals surface area (Å²) in [5.41, 5.74) is 8.29. The molecule has 1 atom stereocenters. The van der Waals surface area contributed by atoms with Crippen LogP contribution in [0.5, 0.6) is 0 Å². The summed E-state index contributed by atoms with van der Waals surface area (Å²) in [5.74, 6) is 1.18. The van der Waals surface area contributed by atoms with Crippen LogP contribution in [0.4, 0.5) is 0 Å². The lowest BCUT2D eigenvalue weighted by Crippen LogP contribution is -2.38. The summed E-state index contributed by atoms with van der Waals surface area (Å²) < 4.78 is 1.07. The molecule has 3 rings (SSSR count). The number of fused-ring (bicyclic) bond motifs is 1. The minimum absolute atomic E-state index is 0.179. The Bertz CT molecular complexity index is 696. The Labute approximate surface area is 133 Å². The molecule has 0 radical (unpaired) electrons. The second-order valence-electron chi connectivity index (χ2n) is 5.80. The normalized spacial score (nSPS) is 18.6. The second-order valence-corrected chi connectivity index (χ2v) is 6.65. The predicted octanol–water partition coefficient (Wildman–Crippen LogP) is 3.32. The molecule has 0 amide bonds. The van der Waals surface area contributed by atoms with E-state index in [-0.39, 0.29) is 6.04 Å². The maximum atomic E-state index is 6.08. The first kappa shape index (κ1) is 14.3. The molecule has 1 unspecified atom stereocenters. The lowest BCUT2D eigenvalue weighted by atomic mass is 10.0. The summed E-state index contributed by atoms with van der Waals surface area (Å²) >= 11 is 3.60. The van der Waals surface area contributed by atoms with Gasteiger partial charge in [-0.2, -0.15) is 0 Å². The van der Waals surface area contributed by atoms with Gasteiger partial charge in [-0.15, -0.1) is 0 Å². The Hall–Kier alpha value is -1.62. The van der Waals surface area contributed by atoms with E-state index in [0.717, 1.165) is 21.9 Å². The van der Waals surface area contributed by atoms with Gasteiger partial charge in [0.15, 0.2) is 5.96 Å². The Morgan fingerprint density at radius 2 is 2.19 bits per heavy atom. The zero-order chi connectivity index (χ0) is 15.0. The molecule has 2 heterocycles. The van der Waals surface area contributed by atoms with Crippen molar-refractivity contribution < 1.29 is 0 Å². The number of rotatable bonds is 3. The standard InChI is InChI=1S/C16H19BrN4/c1-10(2)9-21-14(8-20-16(21)18)12-5-6-13(17)11-4-3-7-19-15(11)12/h3-7,10,14H,8-9H2,1-2H3,(H2,18,20). The molecular formula is C16H19BrN4. The summed E-state index contributed by atoms with van der Waals surface area (Å²) in [6.07, 6.45) is 1.84. The fourth-order valence-corrected chi connectivity index (χ4v) is 3.29. The fraction of sp³-hybridized carbons (Fsp3) is 0.375. The van der Waals surface area contributed by atoms with E-state index in [2.05, 4.69) is 62.9 Å². The molecule has 1 aliphatic rings. The van der Waals surface area contributed by atoms with Gasteiger partial charge in [0.05, 0.1) is 18.1 Å². The Kier molecular flexibility index (Phi) is 3.85. The first-order valence-corrected chi connectivity index (χ1v) is 7.97. The predicted molar refractivity (Wildman–Crippen MR) is 90.2 cm³/mol. The van der Waals surface area contributed by atoms with E-state index in [1.54, 1.807) is 0 Å². The van der Waals surface area contributed by atoms with Crippen molar-refractivity contribution in [3.8, 4) is 0 Å². The number of nitrogens with zero attached hydrogens (tertiary/aromatic N) is 3. The highest BCUT2D eigenvalue weighted by Gasteiger charge is 2.29. The van der Waals surface area contributed by atoms with Crippen molar-refractivity contribution in [3.63, 3.8) is 0 Å². The van der Waals surface area contributed by atoms with Gasteiger partial charge in [0.2, 0.25) is 0 Å². The average Bonchev–Trinajstić information content (AvgIpc) is 2.81. The van der Waals surface area contributed by atoms with Crippen molar-refractivity contribution in [1.82, 2.24) is 9.88 Å². The van der Waals surface area contributed by atoms with Crippen LogP contribution in [-0.4, -0.2) is 28.9 Å². The van der Waals surface area contributed by atoms with Crippen molar-refractivity contribution in [2.24, 2.45) is 16.6 Å². The van der Waals surface area contributed by atoms with Gasteiger partial charge < -0.3 is 10.6 Å².